The number of nitro benzene ring substituents is 2. The van der Waals surface area contributed by atoms with E-state index in [0.717, 1.165) is 181 Å². The number of nitrogens with two attached hydrogens (primary N) is 2. The van der Waals surface area contributed by atoms with Crippen LogP contribution in [0, 0.1) is 60.7 Å². The van der Waals surface area contributed by atoms with E-state index in [2.05, 4.69) is 108 Å². The van der Waals surface area contributed by atoms with Gasteiger partial charge in [0.1, 0.15) is 28.2 Å². The van der Waals surface area contributed by atoms with Crippen LogP contribution in [0.15, 0.2) is 164 Å². The number of carbonyl (C=O) groups excluding carboxylic acids is 7. The number of amides is 6. The van der Waals surface area contributed by atoms with Gasteiger partial charge in [-0.3, -0.25) is 34.6 Å². The minimum absolute atomic E-state index is 0. The maximum atomic E-state index is 12.4. The van der Waals surface area contributed by atoms with E-state index in [4.69, 9.17) is 52.1 Å². The number of rotatable bonds is 13. The van der Waals surface area contributed by atoms with Gasteiger partial charge in [-0.1, -0.05) is 24.3 Å². The molecule has 0 unspecified atom stereocenters. The summed E-state index contributed by atoms with van der Waals surface area (Å²) in [6.07, 6.45) is 2.40. The van der Waals surface area contributed by atoms with Crippen molar-refractivity contribution in [2.24, 2.45) is 0 Å². The molecule has 5 saturated heterocycles. The summed E-state index contributed by atoms with van der Waals surface area (Å²) in [5, 5.41) is 45.1. The van der Waals surface area contributed by atoms with Gasteiger partial charge < -0.3 is 108 Å². The molecule has 5 aliphatic heterocycles. The number of aromatic nitrogens is 4. The zero-order valence-corrected chi connectivity index (χ0v) is 92.4. The second kappa shape index (κ2) is 58.7. The van der Waals surface area contributed by atoms with Gasteiger partial charge in [0.15, 0.2) is 0 Å². The number of nitrogens with one attached hydrogen (secondary N) is 5. The van der Waals surface area contributed by atoms with Gasteiger partial charge in [-0.2, -0.15) is 0 Å². The van der Waals surface area contributed by atoms with E-state index in [1.54, 1.807) is 51.0 Å². The van der Waals surface area contributed by atoms with Crippen LogP contribution in [0.1, 0.15) is 126 Å². The molecule has 6 amide bonds. The number of piperazine rings is 5. The molecule has 7 aromatic carbocycles. The van der Waals surface area contributed by atoms with Crippen LogP contribution in [0.3, 0.4) is 0 Å². The molecule has 142 heavy (non-hydrogen) atoms. The molecule has 0 aliphatic carbocycles. The first-order valence-electron chi connectivity index (χ1n) is 45.8. The number of benzene rings is 7. The molecule has 5 fully saturated rings. The Kier molecular flexibility index (Phi) is 50.2. The van der Waals surface area contributed by atoms with Crippen LogP contribution < -0.4 is 166 Å². The molecular formula is C100H135ClFK2N21O17. The molecule has 2 aromatic heterocycles. The second-order valence-corrected chi connectivity index (χ2v) is 37.5. The van der Waals surface area contributed by atoms with Gasteiger partial charge in [-0.15, -0.1) is 0 Å². The Balaban J connectivity index is 0.000000351. The van der Waals surface area contributed by atoms with Gasteiger partial charge in [0.05, 0.1) is 21.2 Å². The van der Waals surface area contributed by atoms with Crippen LogP contribution in [0.25, 0.3) is 22.5 Å². The molecule has 0 atom stereocenters. The largest absolute Gasteiger partial charge is 1.00 e. The van der Waals surface area contributed by atoms with E-state index in [9.17, 15) is 53.4 Å². The summed E-state index contributed by atoms with van der Waals surface area (Å²) in [5.74, 6) is -0.0815. The summed E-state index contributed by atoms with van der Waals surface area (Å²) in [5.41, 5.74) is 26.4. The number of carbonyl (C=O) groups is 7. The van der Waals surface area contributed by atoms with Crippen LogP contribution in [-0.4, -0.2) is 245 Å². The zero-order valence-electron chi connectivity index (χ0n) is 86.4. The monoisotopic (exact) mass is 2030 g/mol. The third kappa shape index (κ3) is 43.3. The maximum Gasteiger partial charge on any atom is 1.00 e. The molecule has 9 N–H and O–H groups in total. The molecule has 0 saturated carbocycles. The number of nitro groups is 2. The Labute approximate surface area is 922 Å². The van der Waals surface area contributed by atoms with E-state index < -0.39 is 27.5 Å². The fourth-order valence-electron chi connectivity index (χ4n) is 14.1. The van der Waals surface area contributed by atoms with Crippen molar-refractivity contribution in [2.75, 3.05) is 178 Å². The number of anilines is 10. The number of nitrogen functional groups attached to an aromatic ring is 2. The summed E-state index contributed by atoms with van der Waals surface area (Å²) in [6, 6.07) is 45.7. The van der Waals surface area contributed by atoms with Gasteiger partial charge in [0, 0.05) is 243 Å². The predicted octanol–water partition coefficient (Wildman–Crippen LogP) is 9.97. The standard InChI is InChI=1S/C23H26N6O.C16H23N3O4.2C16H25N3O2.C12H10ClN3O.C9H18N2O2.C7H6FNO2.CH2O3.2K.H/c1-16-15-20(29-13-11-24-12-14-29)7-8-21(16)27-23-25-10-9-22(28-23)18-3-5-19(6-4-18)26-17(2)30;1-12-11-13(5-6-14(12)19(21)22)17-7-9-18(10-8-17)15(20)23-16(2,3)4;2*1-12-11-13(5-6-14(12)17)18-7-9-19(10-8-18)15(20)21-16(2,3)4;1-8(17)15-10-4-2-9(3-5-10)11-6-7-14-12(13)16-11;1-9(2,3)13-8(12)11-6-4-10-5-7-11;1-5-4-6(8)2-3-7(5)9(10)11;2-1-4-3;;;/h3-10,15,24H,11-14H2,1-2H3,(H,26,30)(H,25,27,28);5-6,11H,7-10H2,1-4H3;2*5-6,11H,7-10,17H2,1-4H3;2-7H,1H3,(H,15,17);10H,4-7H2,1-3H3;2-4H,1H3;1,3H;;;/q;;;;;;;;2*+1;-1/p-1. The van der Waals surface area contributed by atoms with Crippen molar-refractivity contribution in [3.8, 4) is 22.5 Å². The smallest absolute Gasteiger partial charge is 1.00 e. The molecule has 0 spiro atoms. The van der Waals surface area contributed by atoms with E-state index in [0.29, 0.717) is 69.4 Å². The van der Waals surface area contributed by atoms with Crippen molar-refractivity contribution in [1.29, 1.82) is 0 Å². The van der Waals surface area contributed by atoms with Crippen LogP contribution in [0.4, 0.5) is 92.1 Å². The minimum Gasteiger partial charge on any atom is -1.00 e. The predicted molar refractivity (Wildman–Crippen MR) is 544 cm³/mol. The van der Waals surface area contributed by atoms with Crippen LogP contribution >= 0.6 is 11.6 Å². The third-order valence-corrected chi connectivity index (χ3v) is 21.3. The molecule has 9 aromatic rings. The molecule has 7 heterocycles. The Morgan fingerprint density at radius 1 is 0.430 bits per heavy atom. The summed E-state index contributed by atoms with van der Waals surface area (Å²) < 4.78 is 33.8. The molecule has 38 nitrogen and oxygen atoms in total. The first-order valence-corrected chi connectivity index (χ1v) is 46.2. The van der Waals surface area contributed by atoms with E-state index in [1.165, 1.54) is 32.5 Å². The Hall–Kier alpha value is -11.0. The topological polar surface area (TPSA) is 465 Å². The second-order valence-electron chi connectivity index (χ2n) is 37.1. The van der Waals surface area contributed by atoms with Crippen molar-refractivity contribution in [3.05, 3.63) is 223 Å². The van der Waals surface area contributed by atoms with E-state index >= 15 is 0 Å². The fraction of sp³-hybridized carbons (Fsp3) is 0.430. The molecule has 42 heteroatoms. The quantitative estimate of drug-likeness (QED) is 0.00824. The minimum atomic E-state index is -0.533. The van der Waals surface area contributed by atoms with Gasteiger partial charge in [-0.25, -0.2) is 43.5 Å². The van der Waals surface area contributed by atoms with Crippen molar-refractivity contribution in [1.82, 2.24) is 50.2 Å². The average molecular weight is 2040 g/mol. The van der Waals surface area contributed by atoms with Gasteiger partial charge in [-0.05, 0) is 261 Å². The van der Waals surface area contributed by atoms with Crippen LogP contribution in [-0.2, 0) is 38.2 Å². The van der Waals surface area contributed by atoms with E-state index in [1.807, 2.05) is 182 Å². The normalized spacial score (nSPS) is 13.9. The molecule has 0 radical (unpaired) electrons. The Morgan fingerprint density at radius 2 is 0.739 bits per heavy atom. The summed E-state index contributed by atoms with van der Waals surface area (Å²) in [4.78, 5) is 134. The van der Waals surface area contributed by atoms with Gasteiger partial charge in [0.25, 0.3) is 17.8 Å². The molecule has 0 bridgehead atoms. The average Bonchev–Trinajstić information content (AvgIpc) is 0.833. The Morgan fingerprint density at radius 3 is 1.06 bits per heavy atom. The SMILES string of the molecule is CC(=O)Nc1ccc(-c2ccnc(Cl)n2)cc1.CC(=O)Nc1ccc(-c2ccnc(Nc3ccc(N4CCNCC4)cc3C)n2)cc1.CC(C)(C)OC(=O)N1CCNCC1.Cc1cc(F)ccc1[N+](=O)[O-].Cc1cc(N2CCN(C(=O)OC(C)(C)C)CC2)ccc1N.Cc1cc(N2CCN(C(=O)OC(C)(C)C)CC2)ccc1N.Cc1cc(N2CCN(C(=O)OC(C)(C)C)CC2)ccc1[N+](=O)[O-].O=CO[O-].[H-].[K+].[K+]. The van der Waals surface area contributed by atoms with Gasteiger partial charge in [0.2, 0.25) is 23.0 Å². The van der Waals surface area contributed by atoms with Crippen molar-refractivity contribution >= 4 is 123 Å². The number of hydrogen-bond acceptors (Lipinski definition) is 30. The van der Waals surface area contributed by atoms with Crippen LogP contribution in [0.5, 0.6) is 0 Å². The fourth-order valence-corrected chi connectivity index (χ4v) is 14.3. The molecule has 5 aliphatic rings. The third-order valence-electron chi connectivity index (χ3n) is 21.2. The van der Waals surface area contributed by atoms with Crippen molar-refractivity contribution in [2.45, 2.75) is 154 Å². The summed E-state index contributed by atoms with van der Waals surface area (Å²) in [7, 11) is 0. The first-order chi connectivity index (χ1) is 65.9. The van der Waals surface area contributed by atoms with Crippen molar-refractivity contribution < 1.29 is 181 Å². The molecule has 14 rings (SSSR count). The van der Waals surface area contributed by atoms with Gasteiger partial charge >= 0.3 is 127 Å². The van der Waals surface area contributed by atoms with Crippen LogP contribution in [0.2, 0.25) is 5.28 Å². The number of ether oxygens (including phenoxy) is 4. The summed E-state index contributed by atoms with van der Waals surface area (Å²) in [6.45, 7) is 50.4. The molecular weight excluding hydrogens is 1900 g/mol. The number of halogens is 2. The maximum absolute atomic E-state index is 12.4. The first kappa shape index (κ1) is 121. The van der Waals surface area contributed by atoms with E-state index in [-0.39, 0.29) is 174 Å². The molecule has 758 valence electrons. The number of hydrogen-bond donors (Lipinski definition) is 7. The summed E-state index contributed by atoms with van der Waals surface area (Å²) >= 11 is 5.72. The zero-order chi connectivity index (χ0) is 103. The number of aryl methyl sites for hydroxylation is 5. The number of nitrogens with zero attached hydrogens (tertiary/aromatic N) is 14. The Bertz CT molecular complexity index is 5520. The van der Waals surface area contributed by atoms with Crippen molar-refractivity contribution in [3.63, 3.8) is 0 Å².